The van der Waals surface area contributed by atoms with E-state index in [1.54, 1.807) is 19.9 Å². The third-order valence-corrected chi connectivity index (χ3v) is 5.96. The van der Waals surface area contributed by atoms with Crippen LogP contribution in [0.4, 0.5) is 0 Å². The van der Waals surface area contributed by atoms with Gasteiger partial charge in [0.15, 0.2) is 5.82 Å². The highest BCUT2D eigenvalue weighted by molar-refractivity contribution is 7.89. The summed E-state index contributed by atoms with van der Waals surface area (Å²) in [6, 6.07) is 1.26. The molecule has 0 saturated carbocycles. The number of furan rings is 1. The van der Waals surface area contributed by atoms with Crippen LogP contribution < -0.4 is 0 Å². The van der Waals surface area contributed by atoms with E-state index in [1.165, 1.54) is 4.31 Å². The van der Waals surface area contributed by atoms with E-state index in [4.69, 9.17) is 4.42 Å². The lowest BCUT2D eigenvalue weighted by Crippen LogP contribution is -2.39. The van der Waals surface area contributed by atoms with E-state index in [1.807, 2.05) is 6.92 Å². The van der Waals surface area contributed by atoms with Crippen molar-refractivity contribution in [1.29, 1.82) is 0 Å². The van der Waals surface area contributed by atoms with Gasteiger partial charge in [-0.1, -0.05) is 6.42 Å². The van der Waals surface area contributed by atoms with Crippen LogP contribution in [0.5, 0.6) is 0 Å². The van der Waals surface area contributed by atoms with Gasteiger partial charge in [0.05, 0.1) is 6.04 Å². The molecule has 1 fully saturated rings. The Bertz CT molecular complexity index is 778. The minimum atomic E-state index is -3.61. The predicted octanol–water partition coefficient (Wildman–Crippen LogP) is 2.24. The molecular formula is C14H20N4O3S. The van der Waals surface area contributed by atoms with E-state index in [0.29, 0.717) is 29.7 Å². The first-order valence-electron chi connectivity index (χ1n) is 7.37. The third-order valence-electron chi connectivity index (χ3n) is 3.95. The lowest BCUT2D eigenvalue weighted by Gasteiger charge is -2.32. The van der Waals surface area contributed by atoms with Gasteiger partial charge in [-0.15, -0.1) is 0 Å². The number of aromatic amines is 1. The number of nitrogens with zero attached hydrogens (tertiary/aromatic N) is 3. The summed E-state index contributed by atoms with van der Waals surface area (Å²) in [6.45, 7) is 5.71. The van der Waals surface area contributed by atoms with Gasteiger partial charge in [0.25, 0.3) is 0 Å². The fourth-order valence-corrected chi connectivity index (χ4v) is 4.83. The van der Waals surface area contributed by atoms with Gasteiger partial charge in [-0.2, -0.15) is 9.40 Å². The largest absolute Gasteiger partial charge is 0.465 e. The van der Waals surface area contributed by atoms with Crippen molar-refractivity contribution >= 4 is 10.0 Å². The zero-order valence-corrected chi connectivity index (χ0v) is 13.8. The molecule has 2 aromatic heterocycles. The van der Waals surface area contributed by atoms with Crippen molar-refractivity contribution in [3.05, 3.63) is 29.2 Å². The van der Waals surface area contributed by atoms with Gasteiger partial charge >= 0.3 is 0 Å². The Morgan fingerprint density at radius 1 is 1.32 bits per heavy atom. The molecule has 0 amide bonds. The number of rotatable bonds is 3. The van der Waals surface area contributed by atoms with Crippen molar-refractivity contribution in [3.8, 4) is 0 Å². The van der Waals surface area contributed by atoms with Crippen molar-refractivity contribution in [2.45, 2.75) is 51.0 Å². The van der Waals surface area contributed by atoms with Crippen molar-refractivity contribution < 1.29 is 12.8 Å². The summed E-state index contributed by atoms with van der Waals surface area (Å²) in [6.07, 6.45) is 2.54. The van der Waals surface area contributed by atoms with E-state index in [-0.39, 0.29) is 10.9 Å². The second-order valence-electron chi connectivity index (χ2n) is 5.68. The van der Waals surface area contributed by atoms with E-state index in [2.05, 4.69) is 15.2 Å². The van der Waals surface area contributed by atoms with Crippen LogP contribution >= 0.6 is 0 Å². The second kappa shape index (κ2) is 5.51. The standard InChI is InChI=1S/C14H20N4O3S/c1-9-8-13(10(2)21-9)22(19,20)18-7-5-4-6-12(18)14-15-11(3)16-17-14/h8,12H,4-7H2,1-3H3,(H,15,16,17). The number of sulfonamides is 1. The molecule has 0 aliphatic carbocycles. The molecule has 3 rings (SSSR count). The van der Waals surface area contributed by atoms with Gasteiger partial charge < -0.3 is 4.42 Å². The van der Waals surface area contributed by atoms with E-state index in [9.17, 15) is 8.42 Å². The van der Waals surface area contributed by atoms with Gasteiger partial charge in [-0.05, 0) is 39.7 Å². The first-order chi connectivity index (χ1) is 10.4. The molecule has 120 valence electrons. The van der Waals surface area contributed by atoms with Crippen LogP contribution in [0.2, 0.25) is 0 Å². The first-order valence-corrected chi connectivity index (χ1v) is 8.81. The zero-order valence-electron chi connectivity index (χ0n) is 13.0. The normalized spacial score (nSPS) is 20.4. The number of hydrogen-bond acceptors (Lipinski definition) is 5. The highest BCUT2D eigenvalue weighted by Crippen LogP contribution is 2.35. The van der Waals surface area contributed by atoms with Crippen LogP contribution in [0.1, 0.15) is 48.5 Å². The SMILES string of the molecule is Cc1nc(C2CCCCN2S(=O)(=O)c2cc(C)oc2C)n[nH]1. The molecule has 1 unspecified atom stereocenters. The number of hydrogen-bond donors (Lipinski definition) is 1. The maximum Gasteiger partial charge on any atom is 0.247 e. The minimum absolute atomic E-state index is 0.240. The van der Waals surface area contributed by atoms with Crippen LogP contribution in [-0.4, -0.2) is 34.4 Å². The molecule has 1 atom stereocenters. The van der Waals surface area contributed by atoms with E-state index in [0.717, 1.165) is 19.3 Å². The molecule has 1 aliphatic rings. The van der Waals surface area contributed by atoms with Crippen LogP contribution in [-0.2, 0) is 10.0 Å². The monoisotopic (exact) mass is 324 g/mol. The average Bonchev–Trinajstić information content (AvgIpc) is 3.05. The molecule has 8 heteroatoms. The highest BCUT2D eigenvalue weighted by Gasteiger charge is 2.38. The van der Waals surface area contributed by atoms with Gasteiger partial charge in [0.2, 0.25) is 10.0 Å². The molecule has 3 heterocycles. The quantitative estimate of drug-likeness (QED) is 0.934. The molecule has 0 aromatic carbocycles. The summed E-state index contributed by atoms with van der Waals surface area (Å²) >= 11 is 0. The van der Waals surface area contributed by atoms with E-state index < -0.39 is 10.0 Å². The minimum Gasteiger partial charge on any atom is -0.465 e. The van der Waals surface area contributed by atoms with Gasteiger partial charge in [0, 0.05) is 6.54 Å². The molecule has 22 heavy (non-hydrogen) atoms. The van der Waals surface area contributed by atoms with Gasteiger partial charge in [-0.25, -0.2) is 13.4 Å². The summed E-state index contributed by atoms with van der Waals surface area (Å²) in [5.41, 5.74) is 0. The molecule has 0 spiro atoms. The van der Waals surface area contributed by atoms with Crippen molar-refractivity contribution in [3.63, 3.8) is 0 Å². The van der Waals surface area contributed by atoms with Crippen LogP contribution in [0.3, 0.4) is 0 Å². The fraction of sp³-hybridized carbons (Fsp3) is 0.571. The Morgan fingerprint density at radius 3 is 2.68 bits per heavy atom. The molecule has 0 bridgehead atoms. The number of H-pyrrole nitrogens is 1. The zero-order chi connectivity index (χ0) is 15.9. The number of aromatic nitrogens is 3. The summed E-state index contributed by atoms with van der Waals surface area (Å²) in [5, 5.41) is 6.95. The third kappa shape index (κ3) is 2.56. The number of nitrogens with one attached hydrogen (secondary N) is 1. The summed E-state index contributed by atoms with van der Waals surface area (Å²) in [7, 11) is -3.61. The Hall–Kier alpha value is -1.67. The van der Waals surface area contributed by atoms with Crippen LogP contribution in [0, 0.1) is 20.8 Å². The first kappa shape index (κ1) is 15.2. The highest BCUT2D eigenvalue weighted by atomic mass is 32.2. The number of piperidine rings is 1. The average molecular weight is 324 g/mol. The second-order valence-corrected chi connectivity index (χ2v) is 7.54. The Morgan fingerprint density at radius 2 is 2.09 bits per heavy atom. The molecule has 1 saturated heterocycles. The van der Waals surface area contributed by atoms with Crippen LogP contribution in [0.15, 0.2) is 15.4 Å². The summed E-state index contributed by atoms with van der Waals surface area (Å²) in [4.78, 5) is 4.56. The summed E-state index contributed by atoms with van der Waals surface area (Å²) in [5.74, 6) is 2.25. The molecule has 1 aliphatic heterocycles. The summed E-state index contributed by atoms with van der Waals surface area (Å²) < 4.78 is 32.9. The van der Waals surface area contributed by atoms with Crippen molar-refractivity contribution in [2.24, 2.45) is 0 Å². The maximum absolute atomic E-state index is 13.0. The van der Waals surface area contributed by atoms with E-state index >= 15 is 0 Å². The Labute approximate surface area is 129 Å². The van der Waals surface area contributed by atoms with Crippen molar-refractivity contribution in [2.75, 3.05) is 6.54 Å². The number of aryl methyl sites for hydroxylation is 3. The Balaban J connectivity index is 2.01. The molecular weight excluding hydrogens is 304 g/mol. The Kier molecular flexibility index (Phi) is 3.82. The van der Waals surface area contributed by atoms with Crippen molar-refractivity contribution in [1.82, 2.24) is 19.5 Å². The molecule has 1 N–H and O–H groups in total. The van der Waals surface area contributed by atoms with Gasteiger partial charge in [0.1, 0.15) is 22.2 Å². The smallest absolute Gasteiger partial charge is 0.247 e. The molecule has 2 aromatic rings. The fourth-order valence-electron chi connectivity index (χ4n) is 2.95. The maximum atomic E-state index is 13.0. The predicted molar refractivity (Wildman–Crippen MR) is 79.8 cm³/mol. The molecule has 0 radical (unpaired) electrons. The lowest BCUT2D eigenvalue weighted by atomic mass is 10.0. The lowest BCUT2D eigenvalue weighted by molar-refractivity contribution is 0.246. The topological polar surface area (TPSA) is 92.1 Å². The molecule has 7 nitrogen and oxygen atoms in total. The van der Waals surface area contributed by atoms with Crippen LogP contribution in [0.25, 0.3) is 0 Å². The van der Waals surface area contributed by atoms with Gasteiger partial charge in [-0.3, -0.25) is 5.10 Å².